The predicted molar refractivity (Wildman–Crippen MR) is 152 cm³/mol. The number of para-hydroxylation sites is 1. The molecule has 2 amide bonds. The topological polar surface area (TPSA) is 128 Å². The minimum absolute atomic E-state index is 0.000665. The zero-order chi connectivity index (χ0) is 28.6. The summed E-state index contributed by atoms with van der Waals surface area (Å²) < 4.78 is 23.7. The van der Waals surface area contributed by atoms with E-state index in [1.165, 1.54) is 10.6 Å². The van der Waals surface area contributed by atoms with E-state index in [0.29, 0.717) is 47.0 Å². The zero-order valence-electron chi connectivity index (χ0n) is 22.3. The standard InChI is InChI=1S/C30H25FN8O3/c31-22-9-4-8-21-24(18-6-2-1-3-7-18)34-27(30(41)35-26(21)22)36-29(40)23-25(37-38-13-5-12-32-28(23)38)19-16-33-39(17-19)20-10-14-42-15-11-20/h1-9,12-13,16-17,20,27H,10-11,14-15H2,(H,35,41)(H,36,40)/t27-/m1/s1. The molecule has 1 fully saturated rings. The highest BCUT2D eigenvalue weighted by atomic mass is 19.1. The van der Waals surface area contributed by atoms with Crippen LogP contribution in [0.5, 0.6) is 0 Å². The number of rotatable bonds is 5. The normalized spacial score (nSPS) is 17.3. The minimum Gasteiger partial charge on any atom is -0.381 e. The van der Waals surface area contributed by atoms with Crippen molar-refractivity contribution in [1.29, 1.82) is 0 Å². The molecule has 0 radical (unpaired) electrons. The number of aromatic nitrogens is 5. The maximum atomic E-state index is 14.9. The number of ether oxygens (including phenoxy) is 1. The third-order valence-corrected chi connectivity index (χ3v) is 7.40. The van der Waals surface area contributed by atoms with E-state index in [0.717, 1.165) is 12.8 Å². The van der Waals surface area contributed by atoms with Gasteiger partial charge in [-0.3, -0.25) is 14.3 Å². The number of aliphatic imine (C=N–C) groups is 1. The number of anilines is 1. The highest BCUT2D eigenvalue weighted by molar-refractivity contribution is 6.20. The molecule has 1 saturated heterocycles. The Morgan fingerprint density at radius 2 is 1.88 bits per heavy atom. The van der Waals surface area contributed by atoms with Crippen LogP contribution >= 0.6 is 0 Å². The average molecular weight is 565 g/mol. The van der Waals surface area contributed by atoms with Crippen molar-refractivity contribution >= 4 is 28.9 Å². The first-order chi connectivity index (χ1) is 20.6. The van der Waals surface area contributed by atoms with Gasteiger partial charge < -0.3 is 15.4 Å². The van der Waals surface area contributed by atoms with Gasteiger partial charge in [-0.2, -0.15) is 10.2 Å². The summed E-state index contributed by atoms with van der Waals surface area (Å²) in [5.74, 6) is -1.90. The maximum absolute atomic E-state index is 14.9. The van der Waals surface area contributed by atoms with E-state index in [9.17, 15) is 14.0 Å². The number of benzene rings is 2. The summed E-state index contributed by atoms with van der Waals surface area (Å²) in [5.41, 5.74) is 2.90. The van der Waals surface area contributed by atoms with Crippen molar-refractivity contribution in [2.75, 3.05) is 18.5 Å². The number of carbonyl (C=O) groups excluding carboxylic acids is 2. The molecule has 0 saturated carbocycles. The fraction of sp³-hybridized carbons (Fsp3) is 0.200. The number of nitrogens with zero attached hydrogens (tertiary/aromatic N) is 6. The van der Waals surface area contributed by atoms with E-state index in [2.05, 4.69) is 30.8 Å². The van der Waals surface area contributed by atoms with Crippen molar-refractivity contribution in [3.8, 4) is 11.3 Å². The highest BCUT2D eigenvalue weighted by Gasteiger charge is 2.32. The van der Waals surface area contributed by atoms with E-state index >= 15 is 0 Å². The van der Waals surface area contributed by atoms with Crippen molar-refractivity contribution in [2.45, 2.75) is 25.0 Å². The number of nitrogens with one attached hydrogen (secondary N) is 2. The third kappa shape index (κ3) is 4.61. The molecule has 5 aromatic rings. The van der Waals surface area contributed by atoms with Gasteiger partial charge in [0.15, 0.2) is 5.65 Å². The number of carbonyl (C=O) groups is 2. The summed E-state index contributed by atoms with van der Waals surface area (Å²) in [6.45, 7) is 1.32. The molecule has 0 aliphatic carbocycles. The van der Waals surface area contributed by atoms with Gasteiger partial charge in [-0.25, -0.2) is 18.9 Å². The van der Waals surface area contributed by atoms with Gasteiger partial charge in [-0.05, 0) is 25.0 Å². The van der Waals surface area contributed by atoms with Gasteiger partial charge in [0.05, 0.1) is 23.6 Å². The Kier molecular flexibility index (Phi) is 6.51. The number of hydrogen-bond donors (Lipinski definition) is 2. The van der Waals surface area contributed by atoms with Crippen LogP contribution in [0.1, 0.15) is 40.4 Å². The van der Waals surface area contributed by atoms with E-state index in [1.807, 2.05) is 41.2 Å². The monoisotopic (exact) mass is 564 g/mol. The number of benzodiazepines with no additional fused rings is 1. The lowest BCUT2D eigenvalue weighted by molar-refractivity contribution is -0.117. The zero-order valence-corrected chi connectivity index (χ0v) is 22.3. The van der Waals surface area contributed by atoms with Crippen LogP contribution in [0, 0.1) is 5.82 Å². The molecule has 0 unspecified atom stereocenters. The molecular formula is C30H25FN8O3. The van der Waals surface area contributed by atoms with Gasteiger partial charge >= 0.3 is 0 Å². The molecule has 12 heteroatoms. The van der Waals surface area contributed by atoms with Crippen molar-refractivity contribution in [3.63, 3.8) is 0 Å². The van der Waals surface area contributed by atoms with E-state index in [4.69, 9.17) is 4.74 Å². The Morgan fingerprint density at radius 1 is 1.05 bits per heavy atom. The Morgan fingerprint density at radius 3 is 2.71 bits per heavy atom. The van der Waals surface area contributed by atoms with Crippen molar-refractivity contribution in [1.82, 2.24) is 29.7 Å². The second-order valence-electron chi connectivity index (χ2n) is 10.0. The second kappa shape index (κ2) is 10.6. The molecule has 2 aromatic carbocycles. The van der Waals surface area contributed by atoms with Crippen LogP contribution in [0.15, 0.2) is 84.4 Å². The quantitative estimate of drug-likeness (QED) is 0.336. The highest BCUT2D eigenvalue weighted by Crippen LogP contribution is 2.29. The summed E-state index contributed by atoms with van der Waals surface area (Å²) in [6, 6.07) is 15.5. The SMILES string of the molecule is O=C(N[C@H]1N=C(c2ccccc2)c2cccc(F)c2NC1=O)c1c(-c2cnn(C3CCOCC3)c2)nn2cccnc12. The van der Waals surface area contributed by atoms with Gasteiger partial charge in [0.25, 0.3) is 11.8 Å². The molecule has 2 N–H and O–H groups in total. The maximum Gasteiger partial charge on any atom is 0.269 e. The smallest absolute Gasteiger partial charge is 0.269 e. The Hall–Kier alpha value is -5.23. The largest absolute Gasteiger partial charge is 0.381 e. The van der Waals surface area contributed by atoms with Gasteiger partial charge in [0.2, 0.25) is 6.17 Å². The van der Waals surface area contributed by atoms with Gasteiger partial charge in [0, 0.05) is 48.5 Å². The van der Waals surface area contributed by atoms with Gasteiger partial charge in [-0.1, -0.05) is 42.5 Å². The predicted octanol–water partition coefficient (Wildman–Crippen LogP) is 3.63. The number of amides is 2. The molecule has 11 nitrogen and oxygen atoms in total. The van der Waals surface area contributed by atoms with Crippen molar-refractivity contribution in [3.05, 3.63) is 102 Å². The summed E-state index contributed by atoms with van der Waals surface area (Å²) in [7, 11) is 0. The second-order valence-corrected chi connectivity index (χ2v) is 10.0. The molecule has 7 rings (SSSR count). The van der Waals surface area contributed by atoms with Gasteiger partial charge in [-0.15, -0.1) is 0 Å². The molecule has 3 aromatic heterocycles. The van der Waals surface area contributed by atoms with Crippen LogP contribution in [-0.4, -0.2) is 61.3 Å². The molecule has 1 atom stereocenters. The summed E-state index contributed by atoms with van der Waals surface area (Å²) >= 11 is 0. The fourth-order valence-electron chi connectivity index (χ4n) is 5.33. The summed E-state index contributed by atoms with van der Waals surface area (Å²) in [6.07, 6.45) is 7.08. The lowest BCUT2D eigenvalue weighted by atomic mass is 10.0. The Bertz CT molecular complexity index is 1840. The average Bonchev–Trinajstić information content (AvgIpc) is 3.63. The van der Waals surface area contributed by atoms with E-state index < -0.39 is 23.8 Å². The molecule has 0 spiro atoms. The summed E-state index contributed by atoms with van der Waals surface area (Å²) in [4.78, 5) is 36.3. The first kappa shape index (κ1) is 25.7. The van der Waals surface area contributed by atoms with Crippen LogP contribution in [0.2, 0.25) is 0 Å². The van der Waals surface area contributed by atoms with Crippen LogP contribution in [0.4, 0.5) is 10.1 Å². The first-order valence-corrected chi connectivity index (χ1v) is 13.6. The van der Waals surface area contributed by atoms with Crippen molar-refractivity contribution < 1.29 is 18.7 Å². The van der Waals surface area contributed by atoms with Crippen LogP contribution in [-0.2, 0) is 9.53 Å². The molecule has 2 aliphatic rings. The van der Waals surface area contributed by atoms with E-state index in [1.54, 1.807) is 36.8 Å². The Labute approximate surface area is 239 Å². The number of hydrogen-bond acceptors (Lipinski definition) is 7. The Balaban J connectivity index is 1.28. The van der Waals surface area contributed by atoms with Crippen LogP contribution in [0.3, 0.4) is 0 Å². The third-order valence-electron chi connectivity index (χ3n) is 7.40. The fourth-order valence-corrected chi connectivity index (χ4v) is 5.33. The lowest BCUT2D eigenvalue weighted by Gasteiger charge is -2.22. The molecule has 42 heavy (non-hydrogen) atoms. The van der Waals surface area contributed by atoms with E-state index in [-0.39, 0.29) is 17.3 Å². The first-order valence-electron chi connectivity index (χ1n) is 13.6. The van der Waals surface area contributed by atoms with Gasteiger partial charge in [0.1, 0.15) is 17.1 Å². The van der Waals surface area contributed by atoms with Crippen LogP contribution < -0.4 is 10.6 Å². The molecule has 2 aliphatic heterocycles. The lowest BCUT2D eigenvalue weighted by Crippen LogP contribution is -2.42. The molecular weight excluding hydrogens is 539 g/mol. The number of halogens is 1. The number of fused-ring (bicyclic) bond motifs is 2. The van der Waals surface area contributed by atoms with Crippen molar-refractivity contribution in [2.24, 2.45) is 4.99 Å². The minimum atomic E-state index is -1.36. The molecule has 5 heterocycles. The molecule has 0 bridgehead atoms. The molecule has 210 valence electrons. The van der Waals surface area contributed by atoms with Crippen LogP contribution in [0.25, 0.3) is 16.9 Å². The summed E-state index contributed by atoms with van der Waals surface area (Å²) in [5, 5.41) is 14.5.